The molecule has 0 aliphatic carbocycles. The predicted molar refractivity (Wildman–Crippen MR) is 124 cm³/mol. The van der Waals surface area contributed by atoms with Crippen LogP contribution >= 0.6 is 23.2 Å². The Balaban J connectivity index is 1.80. The number of carbonyl (C=O) groups excluding carboxylic acids is 2. The van der Waals surface area contributed by atoms with Crippen molar-refractivity contribution in [2.24, 2.45) is 0 Å². The van der Waals surface area contributed by atoms with E-state index in [1.54, 1.807) is 73.8 Å². The largest absolute Gasteiger partial charge is 0.497 e. The molecule has 156 valence electrons. The van der Waals surface area contributed by atoms with Crippen LogP contribution in [0.15, 0.2) is 72.4 Å². The van der Waals surface area contributed by atoms with E-state index in [2.05, 4.69) is 5.32 Å². The fourth-order valence-corrected chi connectivity index (χ4v) is 3.60. The maximum absolute atomic E-state index is 13.4. The normalized spacial score (nSPS) is 13.7. The van der Waals surface area contributed by atoms with Crippen molar-refractivity contribution >= 4 is 52.0 Å². The third-order valence-corrected chi connectivity index (χ3v) is 5.65. The van der Waals surface area contributed by atoms with Gasteiger partial charge in [-0.15, -0.1) is 0 Å². The van der Waals surface area contributed by atoms with Crippen LogP contribution in [0.3, 0.4) is 0 Å². The van der Waals surface area contributed by atoms with Crippen molar-refractivity contribution in [1.29, 1.82) is 0 Å². The van der Waals surface area contributed by atoms with E-state index in [1.165, 1.54) is 0 Å². The zero-order chi connectivity index (χ0) is 22.1. The van der Waals surface area contributed by atoms with E-state index >= 15 is 0 Å². The van der Waals surface area contributed by atoms with E-state index in [9.17, 15) is 9.59 Å². The van der Waals surface area contributed by atoms with Crippen LogP contribution in [0.5, 0.6) is 5.75 Å². The molecule has 0 aromatic heterocycles. The first-order valence-corrected chi connectivity index (χ1v) is 10.2. The zero-order valence-electron chi connectivity index (χ0n) is 16.8. The lowest BCUT2D eigenvalue weighted by atomic mass is 10.0. The lowest BCUT2D eigenvalue weighted by Gasteiger charge is -2.16. The molecule has 1 N–H and O–H groups in total. The Morgan fingerprint density at radius 3 is 2.16 bits per heavy atom. The molecule has 0 spiro atoms. The average molecular weight is 453 g/mol. The van der Waals surface area contributed by atoms with Gasteiger partial charge in [-0.05, 0) is 66.6 Å². The van der Waals surface area contributed by atoms with Gasteiger partial charge in [0.25, 0.3) is 11.8 Å². The fourth-order valence-electron chi connectivity index (χ4n) is 3.30. The molecule has 3 aromatic rings. The van der Waals surface area contributed by atoms with Crippen molar-refractivity contribution in [3.8, 4) is 5.75 Å². The minimum Gasteiger partial charge on any atom is -0.497 e. The second-order valence-corrected chi connectivity index (χ2v) is 7.83. The molecule has 31 heavy (non-hydrogen) atoms. The number of imide groups is 1. The summed E-state index contributed by atoms with van der Waals surface area (Å²) in [5.41, 5.74) is 2.92. The van der Waals surface area contributed by atoms with Crippen molar-refractivity contribution in [2.45, 2.75) is 6.92 Å². The van der Waals surface area contributed by atoms with Gasteiger partial charge in [-0.3, -0.25) is 9.59 Å². The molecule has 5 nitrogen and oxygen atoms in total. The number of benzene rings is 3. The maximum Gasteiger partial charge on any atom is 0.282 e. The molecule has 0 saturated carbocycles. The molecule has 4 rings (SSSR count). The van der Waals surface area contributed by atoms with Crippen LogP contribution in [-0.4, -0.2) is 18.9 Å². The lowest BCUT2D eigenvalue weighted by Crippen LogP contribution is -2.32. The molecule has 3 aromatic carbocycles. The van der Waals surface area contributed by atoms with Gasteiger partial charge >= 0.3 is 0 Å². The smallest absolute Gasteiger partial charge is 0.282 e. The topological polar surface area (TPSA) is 58.6 Å². The Bertz CT molecular complexity index is 1200. The Morgan fingerprint density at radius 1 is 0.871 bits per heavy atom. The van der Waals surface area contributed by atoms with E-state index in [0.29, 0.717) is 32.7 Å². The van der Waals surface area contributed by atoms with Crippen molar-refractivity contribution in [3.63, 3.8) is 0 Å². The molecule has 0 unspecified atom stereocenters. The van der Waals surface area contributed by atoms with Crippen LogP contribution in [0.25, 0.3) is 5.57 Å². The number of halogens is 2. The number of hydrogen-bond donors (Lipinski definition) is 1. The van der Waals surface area contributed by atoms with Gasteiger partial charge in [0.05, 0.1) is 18.4 Å². The van der Waals surface area contributed by atoms with E-state index in [0.717, 1.165) is 10.5 Å². The van der Waals surface area contributed by atoms with Gasteiger partial charge in [-0.1, -0.05) is 41.4 Å². The number of ether oxygens (including phenoxy) is 1. The number of hydrogen-bond acceptors (Lipinski definition) is 4. The maximum atomic E-state index is 13.4. The molecule has 2 amide bonds. The second kappa shape index (κ2) is 8.46. The van der Waals surface area contributed by atoms with Crippen molar-refractivity contribution in [1.82, 2.24) is 0 Å². The molecular formula is C24H18Cl2N2O3. The van der Waals surface area contributed by atoms with Crippen LogP contribution in [0.1, 0.15) is 11.1 Å². The molecule has 0 radical (unpaired) electrons. The molecule has 1 aliphatic heterocycles. The van der Waals surface area contributed by atoms with Gasteiger partial charge in [0, 0.05) is 15.7 Å². The highest BCUT2D eigenvalue weighted by Crippen LogP contribution is 2.35. The van der Waals surface area contributed by atoms with E-state index in [4.69, 9.17) is 27.9 Å². The summed E-state index contributed by atoms with van der Waals surface area (Å²) in [5, 5.41) is 4.12. The van der Waals surface area contributed by atoms with Crippen molar-refractivity contribution < 1.29 is 14.3 Å². The number of amides is 2. The third-order valence-electron chi connectivity index (χ3n) is 4.99. The van der Waals surface area contributed by atoms with Gasteiger partial charge in [-0.25, -0.2) is 4.90 Å². The highest BCUT2D eigenvalue weighted by molar-refractivity contribution is 6.46. The minimum atomic E-state index is -0.467. The van der Waals surface area contributed by atoms with Gasteiger partial charge in [0.15, 0.2) is 0 Å². The monoisotopic (exact) mass is 452 g/mol. The molecule has 1 aliphatic rings. The molecule has 0 saturated heterocycles. The minimum absolute atomic E-state index is 0.175. The van der Waals surface area contributed by atoms with Gasteiger partial charge in [0.1, 0.15) is 11.4 Å². The van der Waals surface area contributed by atoms with Crippen LogP contribution in [0.2, 0.25) is 10.0 Å². The molecular weight excluding hydrogens is 435 g/mol. The first-order chi connectivity index (χ1) is 14.9. The van der Waals surface area contributed by atoms with E-state index in [-0.39, 0.29) is 11.3 Å². The summed E-state index contributed by atoms with van der Waals surface area (Å²) in [6.07, 6.45) is 0. The Labute approximate surface area is 189 Å². The number of nitrogens with one attached hydrogen (secondary N) is 1. The first kappa shape index (κ1) is 21.0. The highest BCUT2D eigenvalue weighted by atomic mass is 35.5. The second-order valence-electron chi connectivity index (χ2n) is 6.99. The summed E-state index contributed by atoms with van der Waals surface area (Å²) in [5.74, 6) is -0.226. The SMILES string of the molecule is COc1ccc(NC2=C(c3ccc(Cl)cc3)C(=O)N(c3ccc(C)c(Cl)c3)C2=O)cc1. The summed E-state index contributed by atoms with van der Waals surface area (Å²) >= 11 is 12.3. The standard InChI is InChI=1S/C24H18Cl2N2O3/c1-14-3-10-18(13-20(14)26)28-23(29)21(15-4-6-16(25)7-5-15)22(24(28)30)27-17-8-11-19(31-2)12-9-17/h3-13,27H,1-2H3. The Hall–Kier alpha value is -3.28. The first-order valence-electron chi connectivity index (χ1n) is 9.45. The van der Waals surface area contributed by atoms with E-state index < -0.39 is 11.8 Å². The van der Waals surface area contributed by atoms with Crippen LogP contribution in [0, 0.1) is 6.92 Å². The predicted octanol–water partition coefficient (Wildman–Crippen LogP) is 5.71. The lowest BCUT2D eigenvalue weighted by molar-refractivity contribution is -0.120. The summed E-state index contributed by atoms with van der Waals surface area (Å²) in [6.45, 7) is 1.85. The zero-order valence-corrected chi connectivity index (χ0v) is 18.3. The summed E-state index contributed by atoms with van der Waals surface area (Å²) < 4.78 is 5.18. The average Bonchev–Trinajstić information content (AvgIpc) is 3.01. The number of anilines is 2. The summed E-state index contributed by atoms with van der Waals surface area (Å²) in [7, 11) is 1.58. The number of aryl methyl sites for hydroxylation is 1. The van der Waals surface area contributed by atoms with Gasteiger partial charge in [-0.2, -0.15) is 0 Å². The van der Waals surface area contributed by atoms with Crippen LogP contribution in [0.4, 0.5) is 11.4 Å². The Kier molecular flexibility index (Phi) is 5.72. The number of rotatable bonds is 5. The van der Waals surface area contributed by atoms with Crippen LogP contribution in [-0.2, 0) is 9.59 Å². The molecule has 7 heteroatoms. The summed E-state index contributed by atoms with van der Waals surface area (Å²) in [6, 6.07) is 18.9. The molecule has 0 atom stereocenters. The molecule has 0 bridgehead atoms. The van der Waals surface area contributed by atoms with Crippen molar-refractivity contribution in [3.05, 3.63) is 93.6 Å². The van der Waals surface area contributed by atoms with Gasteiger partial charge in [0.2, 0.25) is 0 Å². The number of methoxy groups -OCH3 is 1. The highest BCUT2D eigenvalue weighted by Gasteiger charge is 2.40. The number of nitrogens with zero attached hydrogens (tertiary/aromatic N) is 1. The number of carbonyl (C=O) groups is 2. The molecule has 0 fully saturated rings. The van der Waals surface area contributed by atoms with E-state index in [1.807, 2.05) is 6.92 Å². The third kappa shape index (κ3) is 4.02. The molecule has 1 heterocycles. The van der Waals surface area contributed by atoms with Gasteiger partial charge < -0.3 is 10.1 Å². The summed E-state index contributed by atoms with van der Waals surface area (Å²) in [4.78, 5) is 27.9. The Morgan fingerprint density at radius 2 is 1.55 bits per heavy atom. The van der Waals surface area contributed by atoms with Crippen LogP contribution < -0.4 is 15.0 Å². The fraction of sp³-hybridized carbons (Fsp3) is 0.0833. The quantitative estimate of drug-likeness (QED) is 0.503. The van der Waals surface area contributed by atoms with Crippen molar-refractivity contribution in [2.75, 3.05) is 17.3 Å².